The van der Waals surface area contributed by atoms with Crippen molar-refractivity contribution in [2.45, 2.75) is 0 Å². The van der Waals surface area contributed by atoms with Gasteiger partial charge in [0, 0.05) is 38.7 Å². The largest absolute Gasteiger partial charge is 0.455 e. The lowest BCUT2D eigenvalue weighted by Gasteiger charge is -2.28. The number of furan rings is 1. The standard InChI is InChI=1S/C56H37NO/c1-2-13-38(14-3-1)39-27-32-45(33-28-39)57(46-34-29-40(30-35-46)43-18-10-19-44(37-43)48-23-11-17-41-15-4-6-20-47(41)48)54-26-9-8-22-50(54)51-24-12-25-52-53-36-31-42-16-5-7-21-49(42)55(53)58-56(51)52/h1-37H. The summed E-state index contributed by atoms with van der Waals surface area (Å²) in [7, 11) is 0. The van der Waals surface area contributed by atoms with Crippen LogP contribution in [0.5, 0.6) is 0 Å². The van der Waals surface area contributed by atoms with Crippen molar-refractivity contribution in [3.63, 3.8) is 0 Å². The molecule has 2 heteroatoms. The molecule has 0 saturated heterocycles. The van der Waals surface area contributed by atoms with Gasteiger partial charge in [0.2, 0.25) is 0 Å². The van der Waals surface area contributed by atoms with Crippen molar-refractivity contribution in [2.24, 2.45) is 0 Å². The molecule has 10 aromatic carbocycles. The average Bonchev–Trinajstić information content (AvgIpc) is 3.70. The van der Waals surface area contributed by atoms with Crippen LogP contribution in [-0.2, 0) is 0 Å². The van der Waals surface area contributed by atoms with Crippen LogP contribution in [0.2, 0.25) is 0 Å². The Morgan fingerprint density at radius 3 is 1.57 bits per heavy atom. The first-order valence-electron chi connectivity index (χ1n) is 19.8. The minimum atomic E-state index is 0.891. The molecule has 0 unspecified atom stereocenters. The van der Waals surface area contributed by atoms with Gasteiger partial charge in [0.25, 0.3) is 0 Å². The van der Waals surface area contributed by atoms with Gasteiger partial charge < -0.3 is 9.32 Å². The Balaban J connectivity index is 1.04. The molecule has 0 amide bonds. The van der Waals surface area contributed by atoms with Gasteiger partial charge in [-0.25, -0.2) is 0 Å². The molecule has 0 aliphatic carbocycles. The number of benzene rings is 10. The number of para-hydroxylation sites is 2. The van der Waals surface area contributed by atoms with E-state index in [2.05, 4.69) is 229 Å². The van der Waals surface area contributed by atoms with Gasteiger partial charge in [0.05, 0.1) is 5.69 Å². The van der Waals surface area contributed by atoms with E-state index in [0.717, 1.165) is 61.1 Å². The lowest BCUT2D eigenvalue weighted by atomic mass is 9.95. The van der Waals surface area contributed by atoms with Crippen molar-refractivity contribution < 1.29 is 4.42 Å². The summed E-state index contributed by atoms with van der Waals surface area (Å²) in [5.74, 6) is 0. The second-order valence-electron chi connectivity index (χ2n) is 14.9. The summed E-state index contributed by atoms with van der Waals surface area (Å²) < 4.78 is 6.87. The maximum atomic E-state index is 6.87. The third-order valence-corrected chi connectivity index (χ3v) is 11.5. The highest BCUT2D eigenvalue weighted by molar-refractivity contribution is 6.17. The normalized spacial score (nSPS) is 11.4. The Morgan fingerprint density at radius 1 is 0.276 bits per heavy atom. The van der Waals surface area contributed by atoms with E-state index in [0.29, 0.717) is 0 Å². The lowest BCUT2D eigenvalue weighted by molar-refractivity contribution is 0.674. The first-order valence-corrected chi connectivity index (χ1v) is 19.8. The molecule has 0 atom stereocenters. The molecule has 0 bridgehead atoms. The van der Waals surface area contributed by atoms with Crippen molar-refractivity contribution in [3.8, 4) is 44.5 Å². The molecule has 0 radical (unpaired) electrons. The molecular weight excluding hydrogens is 703 g/mol. The van der Waals surface area contributed by atoms with Crippen LogP contribution in [0.4, 0.5) is 17.1 Å². The van der Waals surface area contributed by atoms with E-state index < -0.39 is 0 Å². The van der Waals surface area contributed by atoms with Gasteiger partial charge in [-0.05, 0) is 92.0 Å². The van der Waals surface area contributed by atoms with Crippen LogP contribution in [0.25, 0.3) is 88.0 Å². The zero-order chi connectivity index (χ0) is 38.4. The van der Waals surface area contributed by atoms with Crippen LogP contribution in [0.1, 0.15) is 0 Å². The number of nitrogens with zero attached hydrogens (tertiary/aromatic N) is 1. The lowest BCUT2D eigenvalue weighted by Crippen LogP contribution is -2.11. The predicted molar refractivity (Wildman–Crippen MR) is 245 cm³/mol. The number of rotatable bonds is 7. The van der Waals surface area contributed by atoms with Crippen molar-refractivity contribution in [1.29, 1.82) is 0 Å². The van der Waals surface area contributed by atoms with Gasteiger partial charge in [-0.15, -0.1) is 0 Å². The summed E-state index contributed by atoms with van der Waals surface area (Å²) in [5, 5.41) is 7.04. The summed E-state index contributed by atoms with van der Waals surface area (Å²) in [4.78, 5) is 2.37. The van der Waals surface area contributed by atoms with Crippen LogP contribution >= 0.6 is 0 Å². The minimum absolute atomic E-state index is 0.891. The smallest absolute Gasteiger partial charge is 0.143 e. The zero-order valence-electron chi connectivity index (χ0n) is 31.7. The Kier molecular flexibility index (Phi) is 8.19. The molecule has 0 aliphatic rings. The van der Waals surface area contributed by atoms with Crippen molar-refractivity contribution in [1.82, 2.24) is 0 Å². The number of hydrogen-bond acceptors (Lipinski definition) is 2. The van der Waals surface area contributed by atoms with Gasteiger partial charge in [0.15, 0.2) is 0 Å². The number of hydrogen-bond donors (Lipinski definition) is 0. The second-order valence-corrected chi connectivity index (χ2v) is 14.9. The molecule has 58 heavy (non-hydrogen) atoms. The monoisotopic (exact) mass is 739 g/mol. The Hall–Kier alpha value is -7.68. The van der Waals surface area contributed by atoms with E-state index in [1.165, 1.54) is 44.0 Å². The Labute approximate surface area is 337 Å². The van der Waals surface area contributed by atoms with Gasteiger partial charge >= 0.3 is 0 Å². The molecule has 272 valence electrons. The molecule has 0 spiro atoms. The molecule has 11 aromatic rings. The van der Waals surface area contributed by atoms with Crippen LogP contribution in [0.3, 0.4) is 0 Å². The highest BCUT2D eigenvalue weighted by Gasteiger charge is 2.21. The Morgan fingerprint density at radius 2 is 0.776 bits per heavy atom. The van der Waals surface area contributed by atoms with Crippen molar-refractivity contribution in [2.75, 3.05) is 4.90 Å². The molecule has 11 rings (SSSR count). The second kappa shape index (κ2) is 14.1. The maximum absolute atomic E-state index is 6.87. The van der Waals surface area contributed by atoms with E-state index in [1.807, 2.05) is 0 Å². The molecule has 1 heterocycles. The zero-order valence-corrected chi connectivity index (χ0v) is 31.7. The first kappa shape index (κ1) is 33.6. The fourth-order valence-corrected chi connectivity index (χ4v) is 8.64. The summed E-state index contributed by atoms with van der Waals surface area (Å²) in [5.41, 5.74) is 14.3. The van der Waals surface area contributed by atoms with E-state index in [-0.39, 0.29) is 0 Å². The highest BCUT2D eigenvalue weighted by Crippen LogP contribution is 2.45. The van der Waals surface area contributed by atoms with E-state index in [4.69, 9.17) is 4.42 Å². The SMILES string of the molecule is c1ccc(-c2ccc(N(c3ccc(-c4cccc(-c5cccc6ccccc56)c4)cc3)c3ccccc3-c3cccc4c3oc3c5ccccc5ccc43)cc2)cc1. The third-order valence-electron chi connectivity index (χ3n) is 11.5. The fourth-order valence-electron chi connectivity index (χ4n) is 8.64. The highest BCUT2D eigenvalue weighted by atomic mass is 16.3. The Bertz CT molecular complexity index is 3260. The minimum Gasteiger partial charge on any atom is -0.455 e. The van der Waals surface area contributed by atoms with E-state index in [1.54, 1.807) is 0 Å². The van der Waals surface area contributed by atoms with Gasteiger partial charge in [-0.1, -0.05) is 182 Å². The number of fused-ring (bicyclic) bond motifs is 6. The molecule has 0 saturated carbocycles. The third kappa shape index (κ3) is 5.82. The summed E-state index contributed by atoms with van der Waals surface area (Å²) in [6, 6.07) is 80.5. The first-order chi connectivity index (χ1) is 28.8. The molecule has 0 fully saturated rings. The molecule has 1 aromatic heterocycles. The molecular formula is C56H37NO. The summed E-state index contributed by atoms with van der Waals surface area (Å²) in [6.45, 7) is 0. The fraction of sp³-hybridized carbons (Fsp3) is 0. The van der Waals surface area contributed by atoms with Crippen LogP contribution < -0.4 is 4.90 Å². The quantitative estimate of drug-likeness (QED) is 0.162. The van der Waals surface area contributed by atoms with Crippen LogP contribution in [0.15, 0.2) is 229 Å². The van der Waals surface area contributed by atoms with Gasteiger partial charge in [-0.3, -0.25) is 0 Å². The van der Waals surface area contributed by atoms with E-state index in [9.17, 15) is 0 Å². The average molecular weight is 740 g/mol. The van der Waals surface area contributed by atoms with Gasteiger partial charge in [0.1, 0.15) is 11.2 Å². The topological polar surface area (TPSA) is 16.4 Å². The predicted octanol–water partition coefficient (Wildman–Crippen LogP) is 16.0. The maximum Gasteiger partial charge on any atom is 0.143 e. The summed E-state index contributed by atoms with van der Waals surface area (Å²) in [6.07, 6.45) is 0. The van der Waals surface area contributed by atoms with Crippen molar-refractivity contribution in [3.05, 3.63) is 224 Å². The van der Waals surface area contributed by atoms with Crippen molar-refractivity contribution >= 4 is 60.5 Å². The van der Waals surface area contributed by atoms with Gasteiger partial charge in [-0.2, -0.15) is 0 Å². The van der Waals surface area contributed by atoms with E-state index >= 15 is 0 Å². The molecule has 0 N–H and O–H groups in total. The van der Waals surface area contributed by atoms with Crippen LogP contribution in [-0.4, -0.2) is 0 Å². The number of anilines is 3. The molecule has 2 nitrogen and oxygen atoms in total. The molecule has 0 aliphatic heterocycles. The summed E-state index contributed by atoms with van der Waals surface area (Å²) >= 11 is 0. The van der Waals surface area contributed by atoms with Crippen LogP contribution in [0, 0.1) is 0 Å².